The van der Waals surface area contributed by atoms with Crippen molar-refractivity contribution in [3.8, 4) is 0 Å². The summed E-state index contributed by atoms with van der Waals surface area (Å²) in [5.74, 6) is -0.927. The van der Waals surface area contributed by atoms with E-state index in [1.807, 2.05) is 18.2 Å². The van der Waals surface area contributed by atoms with Crippen molar-refractivity contribution in [1.29, 1.82) is 0 Å². The van der Waals surface area contributed by atoms with Gasteiger partial charge in [-0.1, -0.05) is 56.5 Å². The Hall–Kier alpha value is -3.66. The molecule has 5 rings (SSSR count). The SMILES string of the molecule is CCS(=O)(=O)c1ccccc1N1CCC(NC(=O)C2(NC(=O)c3cc4ccccc4o3)CCCCC2)C(=O)C1. The molecule has 1 unspecified atom stereocenters. The Morgan fingerprint density at radius 2 is 1.77 bits per heavy atom. The number of Topliss-reactive ketones (excluding diaryl/α,β-unsaturated/α-hetero) is 1. The van der Waals surface area contributed by atoms with E-state index in [0.29, 0.717) is 37.1 Å². The molecule has 0 bridgehead atoms. The molecule has 39 heavy (non-hydrogen) atoms. The van der Waals surface area contributed by atoms with Crippen LogP contribution in [0.4, 0.5) is 5.69 Å². The molecular weight excluding hydrogens is 518 g/mol. The first-order valence-corrected chi connectivity index (χ1v) is 15.1. The number of furan rings is 1. The Morgan fingerprint density at radius 1 is 1.05 bits per heavy atom. The van der Waals surface area contributed by atoms with Crippen LogP contribution in [0.1, 0.15) is 56.0 Å². The van der Waals surface area contributed by atoms with Crippen molar-refractivity contribution >= 4 is 44.1 Å². The molecule has 1 saturated carbocycles. The maximum Gasteiger partial charge on any atom is 0.287 e. The summed E-state index contributed by atoms with van der Waals surface area (Å²) in [7, 11) is -3.46. The minimum atomic E-state index is -3.46. The predicted octanol–water partition coefficient (Wildman–Crippen LogP) is 3.62. The molecule has 2 fully saturated rings. The van der Waals surface area contributed by atoms with Crippen LogP contribution in [0.25, 0.3) is 11.0 Å². The van der Waals surface area contributed by atoms with Gasteiger partial charge in [0.2, 0.25) is 5.91 Å². The van der Waals surface area contributed by atoms with Gasteiger partial charge in [-0.25, -0.2) is 8.42 Å². The molecule has 0 spiro atoms. The second-order valence-electron chi connectivity index (χ2n) is 10.3. The number of carbonyl (C=O) groups is 3. The standard InChI is InChI=1S/C29H33N3O6S/c1-2-39(36,37)26-13-7-5-11-22(26)32-17-14-21(23(33)19-32)30-28(35)29(15-8-3-9-16-29)31-27(34)25-18-20-10-4-6-12-24(20)38-25/h4-7,10-13,18,21H,2-3,8-9,14-17,19H2,1H3,(H,30,35)(H,31,34). The fraction of sp³-hybridized carbons (Fsp3) is 0.414. The van der Waals surface area contributed by atoms with Crippen LogP contribution in [-0.2, 0) is 19.4 Å². The van der Waals surface area contributed by atoms with Crippen molar-refractivity contribution in [2.24, 2.45) is 0 Å². The Bertz CT molecular complexity index is 1470. The highest BCUT2D eigenvalue weighted by Gasteiger charge is 2.43. The number of nitrogens with one attached hydrogen (secondary N) is 2. The highest BCUT2D eigenvalue weighted by atomic mass is 32.2. The van der Waals surface area contributed by atoms with Gasteiger partial charge in [-0.2, -0.15) is 0 Å². The van der Waals surface area contributed by atoms with Gasteiger partial charge in [-0.3, -0.25) is 14.4 Å². The molecular formula is C29H33N3O6S. The van der Waals surface area contributed by atoms with E-state index in [-0.39, 0.29) is 34.6 Å². The fourth-order valence-electron chi connectivity index (χ4n) is 5.55. The molecule has 3 aromatic rings. The van der Waals surface area contributed by atoms with Gasteiger partial charge in [-0.15, -0.1) is 0 Å². The van der Waals surface area contributed by atoms with Crippen molar-refractivity contribution in [3.63, 3.8) is 0 Å². The van der Waals surface area contributed by atoms with Crippen molar-refractivity contribution in [3.05, 3.63) is 60.4 Å². The van der Waals surface area contributed by atoms with Gasteiger partial charge in [0.15, 0.2) is 21.4 Å². The van der Waals surface area contributed by atoms with Crippen LogP contribution in [0.5, 0.6) is 0 Å². The molecule has 1 atom stereocenters. The summed E-state index contributed by atoms with van der Waals surface area (Å²) in [5.41, 5.74) is -0.0390. The zero-order valence-electron chi connectivity index (χ0n) is 21.9. The largest absolute Gasteiger partial charge is 0.451 e. The number of benzene rings is 2. The van der Waals surface area contributed by atoms with Crippen LogP contribution >= 0.6 is 0 Å². The van der Waals surface area contributed by atoms with E-state index in [9.17, 15) is 22.8 Å². The van der Waals surface area contributed by atoms with Crippen LogP contribution in [-0.4, -0.2) is 56.4 Å². The lowest BCUT2D eigenvalue weighted by Crippen LogP contribution is -2.63. The van der Waals surface area contributed by atoms with E-state index in [1.54, 1.807) is 48.2 Å². The van der Waals surface area contributed by atoms with Crippen LogP contribution in [0.3, 0.4) is 0 Å². The molecule has 2 aromatic carbocycles. The lowest BCUT2D eigenvalue weighted by Gasteiger charge is -2.39. The van der Waals surface area contributed by atoms with Gasteiger partial charge in [0.25, 0.3) is 5.91 Å². The van der Waals surface area contributed by atoms with E-state index in [2.05, 4.69) is 10.6 Å². The number of anilines is 1. The number of para-hydroxylation sites is 2. The number of carbonyl (C=O) groups excluding carboxylic acids is 3. The average molecular weight is 552 g/mol. The zero-order valence-corrected chi connectivity index (χ0v) is 22.8. The number of fused-ring (bicyclic) bond motifs is 1. The molecule has 2 amide bonds. The molecule has 1 saturated heterocycles. The molecule has 10 heteroatoms. The average Bonchev–Trinajstić information content (AvgIpc) is 3.39. The number of hydrogen-bond acceptors (Lipinski definition) is 7. The Balaban J connectivity index is 1.29. The third-order valence-electron chi connectivity index (χ3n) is 7.79. The fourth-order valence-corrected chi connectivity index (χ4v) is 6.66. The first-order valence-electron chi connectivity index (χ1n) is 13.4. The smallest absolute Gasteiger partial charge is 0.287 e. The number of sulfone groups is 1. The molecule has 2 aliphatic rings. The third kappa shape index (κ3) is 5.43. The summed E-state index contributed by atoms with van der Waals surface area (Å²) in [6, 6.07) is 15.0. The van der Waals surface area contributed by atoms with Gasteiger partial charge in [0.1, 0.15) is 11.1 Å². The van der Waals surface area contributed by atoms with E-state index in [4.69, 9.17) is 4.42 Å². The predicted molar refractivity (Wildman–Crippen MR) is 147 cm³/mol. The summed E-state index contributed by atoms with van der Waals surface area (Å²) < 4.78 is 30.9. The van der Waals surface area contributed by atoms with E-state index >= 15 is 0 Å². The molecule has 1 aliphatic carbocycles. The first-order chi connectivity index (χ1) is 18.7. The molecule has 0 radical (unpaired) electrons. The number of amides is 2. The van der Waals surface area contributed by atoms with Gasteiger partial charge < -0.3 is 20.0 Å². The van der Waals surface area contributed by atoms with Gasteiger partial charge in [0.05, 0.1) is 28.9 Å². The molecule has 2 heterocycles. The van der Waals surface area contributed by atoms with Crippen molar-refractivity contribution in [2.75, 3.05) is 23.7 Å². The molecule has 1 aliphatic heterocycles. The van der Waals surface area contributed by atoms with Crippen LogP contribution in [0, 0.1) is 0 Å². The highest BCUT2D eigenvalue weighted by Crippen LogP contribution is 2.31. The minimum absolute atomic E-state index is 0.0143. The lowest BCUT2D eigenvalue weighted by molar-refractivity contribution is -0.133. The minimum Gasteiger partial charge on any atom is -0.451 e. The maximum atomic E-state index is 13.6. The summed E-state index contributed by atoms with van der Waals surface area (Å²) in [6.07, 6.45) is 3.80. The number of rotatable bonds is 7. The van der Waals surface area contributed by atoms with Crippen LogP contribution < -0.4 is 15.5 Å². The monoisotopic (exact) mass is 551 g/mol. The van der Waals surface area contributed by atoms with E-state index in [1.165, 1.54) is 0 Å². The number of nitrogens with zero attached hydrogens (tertiary/aromatic N) is 1. The van der Waals surface area contributed by atoms with Gasteiger partial charge in [-0.05, 0) is 43.5 Å². The normalized spacial score (nSPS) is 19.6. The quantitative estimate of drug-likeness (QED) is 0.459. The molecule has 1 aromatic heterocycles. The molecule has 9 nitrogen and oxygen atoms in total. The van der Waals surface area contributed by atoms with Crippen molar-refractivity contribution in [1.82, 2.24) is 10.6 Å². The number of hydrogen-bond donors (Lipinski definition) is 2. The summed E-state index contributed by atoms with van der Waals surface area (Å²) in [6.45, 7) is 1.98. The Labute approximate surface area is 227 Å². The third-order valence-corrected chi connectivity index (χ3v) is 9.57. The summed E-state index contributed by atoms with van der Waals surface area (Å²) >= 11 is 0. The van der Waals surface area contributed by atoms with E-state index < -0.39 is 27.3 Å². The Kier molecular flexibility index (Phi) is 7.48. The first kappa shape index (κ1) is 26.9. The summed E-state index contributed by atoms with van der Waals surface area (Å²) in [5, 5.41) is 6.66. The second kappa shape index (κ2) is 10.8. The van der Waals surface area contributed by atoms with Gasteiger partial charge >= 0.3 is 0 Å². The zero-order chi connectivity index (χ0) is 27.6. The lowest BCUT2D eigenvalue weighted by atomic mass is 9.80. The van der Waals surface area contributed by atoms with Crippen molar-refractivity contribution < 1.29 is 27.2 Å². The topological polar surface area (TPSA) is 126 Å². The number of piperidine rings is 1. The number of ketones is 1. The molecule has 206 valence electrons. The second-order valence-corrected chi connectivity index (χ2v) is 12.6. The Morgan fingerprint density at radius 3 is 2.49 bits per heavy atom. The van der Waals surface area contributed by atoms with Crippen molar-refractivity contribution in [2.45, 2.75) is 61.9 Å². The van der Waals surface area contributed by atoms with E-state index in [0.717, 1.165) is 24.6 Å². The van der Waals surface area contributed by atoms with Crippen LogP contribution in [0.2, 0.25) is 0 Å². The van der Waals surface area contributed by atoms with Gasteiger partial charge in [0, 0.05) is 11.9 Å². The summed E-state index contributed by atoms with van der Waals surface area (Å²) in [4.78, 5) is 42.0. The molecule has 2 N–H and O–H groups in total. The maximum absolute atomic E-state index is 13.6. The highest BCUT2D eigenvalue weighted by molar-refractivity contribution is 7.91. The van der Waals surface area contributed by atoms with Crippen LogP contribution in [0.15, 0.2) is 63.9 Å².